The lowest BCUT2D eigenvalue weighted by molar-refractivity contribution is 0.625. The largest absolute Gasteiger partial charge is 0.369 e. The maximum absolute atomic E-state index is 13.6. The van der Waals surface area contributed by atoms with E-state index in [2.05, 4.69) is 10.3 Å². The first kappa shape index (κ1) is 16.1. The average Bonchev–Trinajstić information content (AvgIpc) is 2.79. The molecule has 1 atom stereocenters. The molecule has 0 fully saturated rings. The Morgan fingerprint density at radius 3 is 2.92 bits per heavy atom. The minimum Gasteiger partial charge on any atom is -0.369 e. The Labute approximate surface area is 150 Å². The van der Waals surface area contributed by atoms with Crippen molar-refractivity contribution in [1.29, 1.82) is 0 Å². The quantitative estimate of drug-likeness (QED) is 0.750. The van der Waals surface area contributed by atoms with Gasteiger partial charge in [-0.15, -0.1) is 11.8 Å². The molecule has 1 aliphatic rings. The third kappa shape index (κ3) is 2.91. The number of hydrogen-bond donors (Lipinski definition) is 1. The molecule has 128 valence electrons. The number of thioether (sulfide) groups is 1. The van der Waals surface area contributed by atoms with Gasteiger partial charge in [-0.3, -0.25) is 9.67 Å². The number of pyridine rings is 1. The van der Waals surface area contributed by atoms with Crippen molar-refractivity contribution in [2.24, 2.45) is 7.05 Å². The molecule has 0 spiro atoms. The van der Waals surface area contributed by atoms with E-state index < -0.39 is 0 Å². The lowest BCUT2D eigenvalue weighted by Crippen LogP contribution is -2.06. The summed E-state index contributed by atoms with van der Waals surface area (Å²) in [7, 11) is 1.95. The number of nitrogens with zero attached hydrogens (tertiary/aromatic N) is 3. The van der Waals surface area contributed by atoms with Crippen LogP contribution in [0, 0.1) is 12.7 Å². The van der Waals surface area contributed by atoms with Crippen LogP contribution in [0.3, 0.4) is 0 Å². The van der Waals surface area contributed by atoms with Crippen molar-refractivity contribution >= 4 is 17.6 Å². The molecule has 6 heteroatoms. The first-order valence-corrected chi connectivity index (χ1v) is 9.30. The Bertz CT molecular complexity index is 907. The van der Waals surface area contributed by atoms with E-state index in [9.17, 15) is 4.39 Å². The SMILES string of the molecule is Cc1cc(F)ccc1C1SCCNc2c1c(-c1ccccn1)nn2C. The van der Waals surface area contributed by atoms with Crippen LogP contribution in [0.4, 0.5) is 10.2 Å². The fraction of sp³-hybridized carbons (Fsp3) is 0.263. The number of anilines is 1. The summed E-state index contributed by atoms with van der Waals surface area (Å²) in [4.78, 5) is 4.49. The minimum atomic E-state index is -0.200. The van der Waals surface area contributed by atoms with Crippen LogP contribution in [0.2, 0.25) is 0 Å². The summed E-state index contributed by atoms with van der Waals surface area (Å²) in [5.74, 6) is 1.78. The van der Waals surface area contributed by atoms with Crippen molar-refractivity contribution in [3.63, 3.8) is 0 Å². The zero-order valence-electron chi connectivity index (χ0n) is 14.2. The van der Waals surface area contributed by atoms with Gasteiger partial charge in [0.25, 0.3) is 0 Å². The zero-order valence-corrected chi connectivity index (χ0v) is 15.0. The molecule has 0 radical (unpaired) electrons. The topological polar surface area (TPSA) is 42.7 Å². The van der Waals surface area contributed by atoms with E-state index in [1.165, 1.54) is 6.07 Å². The number of aromatic nitrogens is 3. The second-order valence-corrected chi connectivity index (χ2v) is 7.34. The molecule has 3 aromatic rings. The lowest BCUT2D eigenvalue weighted by Gasteiger charge is -2.18. The summed E-state index contributed by atoms with van der Waals surface area (Å²) in [6.07, 6.45) is 1.78. The van der Waals surface area contributed by atoms with E-state index in [0.29, 0.717) is 0 Å². The molecule has 1 N–H and O–H groups in total. The molecule has 0 saturated carbocycles. The zero-order chi connectivity index (χ0) is 17.4. The van der Waals surface area contributed by atoms with Gasteiger partial charge in [-0.05, 0) is 42.3 Å². The van der Waals surface area contributed by atoms with Gasteiger partial charge in [-0.1, -0.05) is 12.1 Å². The molecule has 1 aromatic carbocycles. The number of aryl methyl sites for hydroxylation is 2. The van der Waals surface area contributed by atoms with E-state index in [1.54, 1.807) is 12.3 Å². The number of fused-ring (bicyclic) bond motifs is 1. The van der Waals surface area contributed by atoms with Crippen molar-refractivity contribution in [2.75, 3.05) is 17.6 Å². The molecule has 2 aromatic heterocycles. The highest BCUT2D eigenvalue weighted by Gasteiger charge is 2.30. The van der Waals surface area contributed by atoms with Gasteiger partial charge in [0.1, 0.15) is 17.3 Å². The summed E-state index contributed by atoms with van der Waals surface area (Å²) < 4.78 is 15.5. The van der Waals surface area contributed by atoms with Crippen LogP contribution < -0.4 is 5.32 Å². The van der Waals surface area contributed by atoms with Crippen LogP contribution in [-0.4, -0.2) is 27.1 Å². The van der Waals surface area contributed by atoms with Crippen LogP contribution in [0.1, 0.15) is 21.9 Å². The predicted molar refractivity (Wildman–Crippen MR) is 100 cm³/mol. The van der Waals surface area contributed by atoms with E-state index in [-0.39, 0.29) is 11.1 Å². The Balaban J connectivity index is 1.92. The molecule has 3 heterocycles. The Kier molecular flexibility index (Phi) is 4.21. The van der Waals surface area contributed by atoms with Gasteiger partial charge in [-0.25, -0.2) is 4.39 Å². The van der Waals surface area contributed by atoms with Crippen molar-refractivity contribution in [3.05, 3.63) is 65.1 Å². The van der Waals surface area contributed by atoms with Gasteiger partial charge >= 0.3 is 0 Å². The summed E-state index contributed by atoms with van der Waals surface area (Å²) in [6.45, 7) is 2.84. The van der Waals surface area contributed by atoms with Gasteiger partial charge in [0, 0.05) is 31.1 Å². The molecular weight excluding hydrogens is 335 g/mol. The normalized spacial score (nSPS) is 16.8. The van der Waals surface area contributed by atoms with Gasteiger partial charge in [0.2, 0.25) is 0 Å². The lowest BCUT2D eigenvalue weighted by atomic mass is 9.98. The van der Waals surface area contributed by atoms with Crippen molar-refractivity contribution < 1.29 is 4.39 Å². The average molecular weight is 354 g/mol. The third-order valence-electron chi connectivity index (χ3n) is 4.45. The standard InChI is InChI=1S/C19H19FN4S/c1-12-11-13(20)6-7-14(12)18-16-17(15-5-3-4-8-21-15)23-24(2)19(16)22-9-10-25-18/h3-8,11,18,22H,9-10H2,1-2H3. The maximum atomic E-state index is 13.6. The van der Waals surface area contributed by atoms with Crippen LogP contribution in [0.25, 0.3) is 11.4 Å². The molecule has 4 rings (SSSR count). The summed E-state index contributed by atoms with van der Waals surface area (Å²) in [5.41, 5.74) is 4.95. The predicted octanol–water partition coefficient (Wildman–Crippen LogP) is 4.18. The highest BCUT2D eigenvalue weighted by molar-refractivity contribution is 7.99. The Morgan fingerprint density at radius 2 is 2.16 bits per heavy atom. The monoisotopic (exact) mass is 354 g/mol. The molecular formula is C19H19FN4S. The van der Waals surface area contributed by atoms with Gasteiger partial charge < -0.3 is 5.32 Å². The first-order valence-electron chi connectivity index (χ1n) is 8.25. The third-order valence-corrected chi connectivity index (χ3v) is 5.71. The first-order chi connectivity index (χ1) is 12.1. The van der Waals surface area contributed by atoms with E-state index >= 15 is 0 Å². The van der Waals surface area contributed by atoms with E-state index in [4.69, 9.17) is 5.10 Å². The van der Waals surface area contributed by atoms with E-state index in [0.717, 1.165) is 46.2 Å². The summed E-state index contributed by atoms with van der Waals surface area (Å²) >= 11 is 1.86. The fourth-order valence-corrected chi connectivity index (χ4v) is 4.59. The molecule has 25 heavy (non-hydrogen) atoms. The van der Waals surface area contributed by atoms with Crippen molar-refractivity contribution in [3.8, 4) is 11.4 Å². The molecule has 0 bridgehead atoms. The molecule has 0 saturated heterocycles. The van der Waals surface area contributed by atoms with Crippen LogP contribution in [-0.2, 0) is 7.05 Å². The van der Waals surface area contributed by atoms with E-state index in [1.807, 2.05) is 54.7 Å². The highest BCUT2D eigenvalue weighted by Crippen LogP contribution is 2.46. The maximum Gasteiger partial charge on any atom is 0.129 e. The van der Waals surface area contributed by atoms with Crippen LogP contribution in [0.15, 0.2) is 42.6 Å². The Hall–Kier alpha value is -2.34. The molecule has 0 amide bonds. The van der Waals surface area contributed by atoms with Gasteiger partial charge in [-0.2, -0.15) is 5.10 Å². The molecule has 1 unspecified atom stereocenters. The number of benzene rings is 1. The van der Waals surface area contributed by atoms with Crippen molar-refractivity contribution in [2.45, 2.75) is 12.2 Å². The van der Waals surface area contributed by atoms with Crippen LogP contribution in [0.5, 0.6) is 0 Å². The minimum absolute atomic E-state index is 0.0938. The highest BCUT2D eigenvalue weighted by atomic mass is 32.2. The molecule has 0 aliphatic carbocycles. The smallest absolute Gasteiger partial charge is 0.129 e. The van der Waals surface area contributed by atoms with Gasteiger partial charge in [0.15, 0.2) is 0 Å². The number of rotatable bonds is 2. The molecule has 4 nitrogen and oxygen atoms in total. The number of nitrogens with one attached hydrogen (secondary N) is 1. The summed E-state index contributed by atoms with van der Waals surface area (Å²) in [6, 6.07) is 10.9. The summed E-state index contributed by atoms with van der Waals surface area (Å²) in [5, 5.41) is 8.32. The molecule has 1 aliphatic heterocycles. The Morgan fingerprint density at radius 1 is 1.28 bits per heavy atom. The fourth-order valence-electron chi connectivity index (χ4n) is 3.30. The van der Waals surface area contributed by atoms with Gasteiger partial charge in [0.05, 0.1) is 10.9 Å². The number of hydrogen-bond acceptors (Lipinski definition) is 4. The number of halogens is 1. The second-order valence-electron chi connectivity index (χ2n) is 6.13. The second kappa shape index (κ2) is 6.52. The van der Waals surface area contributed by atoms with Crippen LogP contribution >= 0.6 is 11.8 Å². The van der Waals surface area contributed by atoms with Crippen molar-refractivity contribution in [1.82, 2.24) is 14.8 Å².